The second kappa shape index (κ2) is 10.6. The first kappa shape index (κ1) is 22.5. The molecule has 0 saturated heterocycles. The maximum Gasteiger partial charge on any atom is 0.196 e. The second-order valence-corrected chi connectivity index (χ2v) is 7.23. The van der Waals surface area contributed by atoms with Gasteiger partial charge < -0.3 is 9.47 Å². The van der Waals surface area contributed by atoms with Crippen LogP contribution in [0.5, 0.6) is 5.75 Å². The Labute approximate surface area is 172 Å². The average Bonchev–Trinajstić information content (AvgIpc) is 2.50. The summed E-state index contributed by atoms with van der Waals surface area (Å²) in [6.45, 7) is 6.30. The van der Waals surface area contributed by atoms with Gasteiger partial charge in [0.2, 0.25) is 0 Å². The second-order valence-electron chi connectivity index (χ2n) is 5.17. The Morgan fingerprint density at radius 1 is 1.20 bits per heavy atom. The molecule has 0 aliphatic heterocycles. The first-order valence-electron chi connectivity index (χ1n) is 7.56. The van der Waals surface area contributed by atoms with Crippen molar-refractivity contribution in [1.82, 2.24) is 0 Å². The molecule has 1 radical (unpaired) electrons. The molecule has 0 aliphatic rings. The van der Waals surface area contributed by atoms with Gasteiger partial charge in [-0.15, -0.1) is 0 Å². The summed E-state index contributed by atoms with van der Waals surface area (Å²) in [5, 5.41) is 1.69. The fraction of sp³-hybridized carbons (Fsp3) is 0.278. The molecule has 129 valence electrons. The topological polar surface area (TPSA) is 35.5 Å². The monoisotopic (exact) mass is 391 g/mol. The van der Waals surface area contributed by atoms with Gasteiger partial charge >= 0.3 is 0 Å². The molecule has 0 aromatic heterocycles. The van der Waals surface area contributed by atoms with Gasteiger partial charge in [0.05, 0.1) is 15.6 Å². The molecule has 0 spiro atoms. The van der Waals surface area contributed by atoms with E-state index in [-0.39, 0.29) is 39.3 Å². The Balaban J connectivity index is 0.00000312. The van der Waals surface area contributed by atoms with Crippen LogP contribution in [0.1, 0.15) is 29.8 Å². The number of ether oxygens (including phenoxy) is 2. The normalized spacial score (nSPS) is 12.0. The molecule has 0 amide bonds. The minimum atomic E-state index is -0.314. The van der Waals surface area contributed by atoms with Crippen LogP contribution in [-0.4, -0.2) is 37.3 Å². The van der Waals surface area contributed by atoms with Crippen molar-refractivity contribution in [2.75, 3.05) is 6.61 Å². The molecule has 0 aliphatic carbocycles. The third-order valence-corrected chi connectivity index (χ3v) is 5.28. The van der Waals surface area contributed by atoms with Crippen LogP contribution in [-0.2, 0) is 4.74 Å². The zero-order valence-corrected chi connectivity index (χ0v) is 17.2. The van der Waals surface area contributed by atoms with Crippen molar-refractivity contribution in [3.8, 4) is 5.75 Å². The predicted octanol–water partition coefficient (Wildman–Crippen LogP) is 4.83. The molecule has 0 fully saturated rings. The van der Waals surface area contributed by atoms with E-state index in [4.69, 9.17) is 32.7 Å². The maximum absolute atomic E-state index is 12.5. The van der Waals surface area contributed by atoms with Gasteiger partial charge in [-0.2, -0.15) is 0 Å². The van der Waals surface area contributed by atoms with E-state index in [2.05, 4.69) is 0 Å². The van der Waals surface area contributed by atoms with Crippen LogP contribution in [0.25, 0.3) is 0 Å². The molecular weight excluding hydrogens is 373 g/mol. The zero-order valence-electron chi connectivity index (χ0n) is 14.7. The molecule has 0 N–H and O–H groups in total. The molecule has 0 bridgehead atoms. The van der Waals surface area contributed by atoms with Gasteiger partial charge in [0.1, 0.15) is 5.75 Å². The third-order valence-electron chi connectivity index (χ3n) is 3.34. The van der Waals surface area contributed by atoms with Crippen LogP contribution < -0.4 is 10.0 Å². The number of aryl methyl sites for hydroxylation is 1. The van der Waals surface area contributed by atoms with E-state index in [0.717, 1.165) is 10.9 Å². The van der Waals surface area contributed by atoms with E-state index in [1.54, 1.807) is 18.2 Å². The molecule has 2 atom stereocenters. The maximum atomic E-state index is 12.5. The summed E-state index contributed by atoms with van der Waals surface area (Å²) in [5.74, 6) is 0.713. The van der Waals surface area contributed by atoms with Gasteiger partial charge in [0.25, 0.3) is 0 Å². The van der Waals surface area contributed by atoms with Gasteiger partial charge in [-0.1, -0.05) is 35.3 Å². The zero-order chi connectivity index (χ0) is 17.7. The number of halogens is 2. The summed E-state index contributed by atoms with van der Waals surface area (Å²) in [4.78, 5) is 12.5. The summed E-state index contributed by atoms with van der Waals surface area (Å²) < 4.78 is 11.0. The number of rotatable bonds is 7. The predicted molar refractivity (Wildman–Crippen MR) is 107 cm³/mol. The van der Waals surface area contributed by atoms with E-state index >= 15 is 0 Å². The van der Waals surface area contributed by atoms with E-state index < -0.39 is 0 Å². The van der Waals surface area contributed by atoms with Crippen LogP contribution in [0.4, 0.5) is 0 Å². The van der Waals surface area contributed by atoms with Gasteiger partial charge in [0, 0.05) is 25.5 Å². The Morgan fingerprint density at radius 3 is 2.40 bits per heavy atom. The van der Waals surface area contributed by atoms with Gasteiger partial charge in [-0.05, 0) is 64.5 Å². The van der Waals surface area contributed by atoms with Crippen molar-refractivity contribution >= 4 is 61.5 Å². The first-order valence-corrected chi connectivity index (χ1v) is 9.32. The average molecular weight is 392 g/mol. The molecule has 2 unspecified atom stereocenters. The van der Waals surface area contributed by atoms with E-state index in [9.17, 15) is 4.79 Å². The Hall–Kier alpha value is -0.523. The van der Waals surface area contributed by atoms with Crippen molar-refractivity contribution in [2.24, 2.45) is 0 Å². The molecule has 0 saturated carbocycles. The Morgan fingerprint density at radius 2 is 1.84 bits per heavy atom. The van der Waals surface area contributed by atoms with E-state index in [0.29, 0.717) is 28.0 Å². The number of carbonyl (C=O) groups excluding carboxylic acids is 1. The largest absolute Gasteiger partial charge is 0.465 e. The summed E-state index contributed by atoms with van der Waals surface area (Å²) in [7, 11) is -0.0547. The Bertz CT molecular complexity index is 720. The van der Waals surface area contributed by atoms with Crippen LogP contribution in [0.15, 0.2) is 36.4 Å². The Kier molecular flexibility index (Phi) is 9.53. The van der Waals surface area contributed by atoms with Crippen LogP contribution >= 0.6 is 31.8 Å². The van der Waals surface area contributed by atoms with Crippen LogP contribution in [0, 0.1) is 6.92 Å². The molecule has 2 aromatic rings. The van der Waals surface area contributed by atoms with Crippen LogP contribution in [0.2, 0.25) is 10.0 Å². The number of benzene rings is 2. The standard InChI is InChI=1S/C18H19Cl2O3P.Li/c1-4-22-12(3)23-13-8-9-16(11(2)10-13)24-18(21)17-14(19)6-5-7-15(17)20;/h5-10,12,24H,4H2,1-3H3;. The minimum absolute atomic E-state index is 0. The molecule has 2 rings (SSSR count). The number of hydrogen-bond acceptors (Lipinski definition) is 3. The van der Waals surface area contributed by atoms with Crippen molar-refractivity contribution in [3.63, 3.8) is 0 Å². The van der Waals surface area contributed by atoms with Gasteiger partial charge in [0.15, 0.2) is 11.8 Å². The number of carbonyl (C=O) groups is 1. The molecule has 7 heteroatoms. The van der Waals surface area contributed by atoms with E-state index in [1.807, 2.05) is 39.0 Å². The smallest absolute Gasteiger partial charge is 0.196 e. The van der Waals surface area contributed by atoms with Crippen molar-refractivity contribution in [3.05, 3.63) is 57.6 Å². The first-order chi connectivity index (χ1) is 11.4. The molecule has 0 heterocycles. The summed E-state index contributed by atoms with van der Waals surface area (Å²) in [5.41, 5.74) is 1.28. The molecule has 3 nitrogen and oxygen atoms in total. The fourth-order valence-electron chi connectivity index (χ4n) is 2.21. The van der Waals surface area contributed by atoms with Crippen molar-refractivity contribution < 1.29 is 14.3 Å². The van der Waals surface area contributed by atoms with Crippen LogP contribution in [0.3, 0.4) is 0 Å². The summed E-state index contributed by atoms with van der Waals surface area (Å²) >= 11 is 12.2. The summed E-state index contributed by atoms with van der Waals surface area (Å²) in [6, 6.07) is 10.7. The third kappa shape index (κ3) is 6.29. The molecule has 25 heavy (non-hydrogen) atoms. The molecule has 2 aromatic carbocycles. The fourth-order valence-corrected chi connectivity index (χ4v) is 4.01. The quantitative estimate of drug-likeness (QED) is 0.385. The van der Waals surface area contributed by atoms with Gasteiger partial charge in [-0.3, -0.25) is 4.79 Å². The van der Waals surface area contributed by atoms with Gasteiger partial charge in [-0.25, -0.2) is 0 Å². The molecular formula is C18H19Cl2LiO3P. The SMILES string of the molecule is CCOC(C)Oc1ccc(PC(=O)c2c(Cl)cccc2Cl)c(C)c1.[Li]. The van der Waals surface area contributed by atoms with Crippen molar-refractivity contribution in [1.29, 1.82) is 0 Å². The number of hydrogen-bond donors (Lipinski definition) is 0. The van der Waals surface area contributed by atoms with E-state index in [1.165, 1.54) is 0 Å². The summed E-state index contributed by atoms with van der Waals surface area (Å²) in [6.07, 6.45) is -0.314. The van der Waals surface area contributed by atoms with Crippen molar-refractivity contribution in [2.45, 2.75) is 27.1 Å². The minimum Gasteiger partial charge on any atom is -0.465 e.